The first kappa shape index (κ1) is 18.3. The highest BCUT2D eigenvalue weighted by Crippen LogP contribution is 2.38. The van der Waals surface area contributed by atoms with E-state index >= 15 is 0 Å². The van der Waals surface area contributed by atoms with Gasteiger partial charge in [0.05, 0.1) is 16.0 Å². The fourth-order valence-corrected chi connectivity index (χ4v) is 3.85. The van der Waals surface area contributed by atoms with Crippen LogP contribution in [-0.4, -0.2) is 33.4 Å². The molecular formula is C16H18BrNO3S2. The van der Waals surface area contributed by atoms with Crippen LogP contribution in [0.5, 0.6) is 11.5 Å². The van der Waals surface area contributed by atoms with Crippen molar-refractivity contribution >= 4 is 56.2 Å². The number of hydrogen-bond acceptors (Lipinski definition) is 5. The lowest BCUT2D eigenvalue weighted by atomic mass is 10.1. The lowest BCUT2D eigenvalue weighted by molar-refractivity contribution is -0.122. The van der Waals surface area contributed by atoms with Gasteiger partial charge in [0.15, 0.2) is 11.5 Å². The van der Waals surface area contributed by atoms with Crippen LogP contribution in [0.25, 0.3) is 6.08 Å². The van der Waals surface area contributed by atoms with E-state index in [-0.39, 0.29) is 11.7 Å². The van der Waals surface area contributed by atoms with E-state index < -0.39 is 0 Å². The number of halogens is 1. The topological polar surface area (TPSA) is 49.8 Å². The molecule has 1 amide bonds. The maximum absolute atomic E-state index is 12.5. The van der Waals surface area contributed by atoms with Gasteiger partial charge in [0.2, 0.25) is 0 Å². The number of benzene rings is 1. The van der Waals surface area contributed by atoms with Gasteiger partial charge in [0, 0.05) is 6.54 Å². The van der Waals surface area contributed by atoms with Gasteiger partial charge < -0.3 is 9.84 Å². The molecule has 124 valence electrons. The zero-order valence-corrected chi connectivity index (χ0v) is 16.3. The third kappa shape index (κ3) is 4.28. The molecule has 0 radical (unpaired) electrons. The highest BCUT2D eigenvalue weighted by atomic mass is 79.9. The summed E-state index contributed by atoms with van der Waals surface area (Å²) in [5.74, 6) is 0.710. The quantitative estimate of drug-likeness (QED) is 0.569. The second kappa shape index (κ2) is 7.68. The van der Waals surface area contributed by atoms with E-state index in [9.17, 15) is 9.90 Å². The van der Waals surface area contributed by atoms with Crippen LogP contribution >= 0.6 is 39.9 Å². The van der Waals surface area contributed by atoms with Crippen molar-refractivity contribution in [3.8, 4) is 11.5 Å². The lowest BCUT2D eigenvalue weighted by Gasteiger charge is -2.16. The summed E-state index contributed by atoms with van der Waals surface area (Å²) in [6.45, 7) is 7.00. The van der Waals surface area contributed by atoms with Crippen LogP contribution < -0.4 is 4.74 Å². The number of ether oxygens (including phenoxy) is 1. The predicted molar refractivity (Wildman–Crippen MR) is 102 cm³/mol. The Bertz CT molecular complexity index is 674. The molecule has 0 bridgehead atoms. The number of amides is 1. The van der Waals surface area contributed by atoms with Crippen molar-refractivity contribution in [2.75, 3.05) is 13.2 Å². The highest BCUT2D eigenvalue weighted by molar-refractivity contribution is 9.10. The smallest absolute Gasteiger partial charge is 0.266 e. The van der Waals surface area contributed by atoms with Crippen molar-refractivity contribution in [2.24, 2.45) is 5.92 Å². The SMILES string of the molecule is CCOc1cc(/C=C2/SC(=S)N(CC(C)C)C2=O)cc(Br)c1O. The Balaban J connectivity index is 2.32. The molecule has 0 aliphatic carbocycles. The van der Waals surface area contributed by atoms with Gasteiger partial charge in [-0.2, -0.15) is 0 Å². The van der Waals surface area contributed by atoms with Gasteiger partial charge in [-0.15, -0.1) is 0 Å². The molecule has 0 aromatic heterocycles. The number of thioether (sulfide) groups is 1. The van der Waals surface area contributed by atoms with E-state index in [1.54, 1.807) is 23.1 Å². The molecule has 0 atom stereocenters. The van der Waals surface area contributed by atoms with Gasteiger partial charge in [0.25, 0.3) is 5.91 Å². The minimum atomic E-state index is -0.0733. The van der Waals surface area contributed by atoms with E-state index in [4.69, 9.17) is 17.0 Å². The predicted octanol–water partition coefficient (Wildman–Crippen LogP) is 4.41. The first-order valence-electron chi connectivity index (χ1n) is 7.24. The number of aromatic hydroxyl groups is 1. The largest absolute Gasteiger partial charge is 0.503 e. The van der Waals surface area contributed by atoms with Crippen molar-refractivity contribution < 1.29 is 14.6 Å². The van der Waals surface area contributed by atoms with Crippen LogP contribution in [-0.2, 0) is 4.79 Å². The maximum atomic E-state index is 12.5. The fraction of sp³-hybridized carbons (Fsp3) is 0.375. The van der Waals surface area contributed by atoms with E-state index in [0.717, 1.165) is 5.56 Å². The standard InChI is InChI=1S/C16H18BrNO3S2/c1-4-21-12-6-10(5-11(17)14(12)19)7-13-15(20)18(8-9(2)3)16(22)23-13/h5-7,9,19H,4,8H2,1-3H3/b13-7+. The summed E-state index contributed by atoms with van der Waals surface area (Å²) in [6, 6.07) is 3.45. The molecule has 0 spiro atoms. The van der Waals surface area contributed by atoms with Crippen molar-refractivity contribution in [1.82, 2.24) is 4.90 Å². The lowest BCUT2D eigenvalue weighted by Crippen LogP contribution is -2.31. The zero-order chi connectivity index (χ0) is 17.1. The Hall–Kier alpha value is -1.05. The Morgan fingerprint density at radius 1 is 1.48 bits per heavy atom. The third-order valence-corrected chi connectivity index (χ3v) is 5.05. The van der Waals surface area contributed by atoms with E-state index in [1.807, 2.05) is 20.8 Å². The van der Waals surface area contributed by atoms with E-state index in [2.05, 4.69) is 15.9 Å². The van der Waals surface area contributed by atoms with E-state index in [1.165, 1.54) is 11.8 Å². The molecule has 4 nitrogen and oxygen atoms in total. The molecule has 0 unspecified atom stereocenters. The van der Waals surface area contributed by atoms with Gasteiger partial charge >= 0.3 is 0 Å². The van der Waals surface area contributed by atoms with Gasteiger partial charge in [-0.3, -0.25) is 9.69 Å². The summed E-state index contributed by atoms with van der Waals surface area (Å²) in [6.07, 6.45) is 1.77. The number of rotatable bonds is 5. The summed E-state index contributed by atoms with van der Waals surface area (Å²) < 4.78 is 6.51. The molecule has 1 aliphatic heterocycles. The third-order valence-electron chi connectivity index (χ3n) is 3.07. The molecule has 1 N–H and O–H groups in total. The van der Waals surface area contributed by atoms with Crippen molar-refractivity contribution in [2.45, 2.75) is 20.8 Å². The molecule has 1 fully saturated rings. The molecule has 1 heterocycles. The average Bonchev–Trinajstić information content (AvgIpc) is 2.72. The number of hydrogen-bond donors (Lipinski definition) is 1. The molecule has 1 saturated heterocycles. The second-order valence-electron chi connectivity index (χ2n) is 5.47. The van der Waals surface area contributed by atoms with E-state index in [0.29, 0.717) is 38.5 Å². The number of phenols is 1. The van der Waals surface area contributed by atoms with Crippen LogP contribution in [0.3, 0.4) is 0 Å². The molecule has 1 aliphatic rings. The van der Waals surface area contributed by atoms with Crippen LogP contribution in [0, 0.1) is 5.92 Å². The monoisotopic (exact) mass is 415 g/mol. The minimum absolute atomic E-state index is 0.0522. The van der Waals surface area contributed by atoms with Gasteiger partial charge in [0.1, 0.15) is 4.32 Å². The number of thiocarbonyl (C=S) groups is 1. The van der Waals surface area contributed by atoms with Gasteiger partial charge in [-0.25, -0.2) is 0 Å². The first-order valence-corrected chi connectivity index (χ1v) is 9.26. The fourth-order valence-electron chi connectivity index (χ4n) is 2.12. The molecule has 1 aromatic carbocycles. The van der Waals surface area contributed by atoms with Crippen LogP contribution in [0.4, 0.5) is 0 Å². The first-order chi connectivity index (χ1) is 10.8. The summed E-state index contributed by atoms with van der Waals surface area (Å²) in [5, 5.41) is 9.96. The number of carbonyl (C=O) groups excluding carboxylic acids is 1. The summed E-state index contributed by atoms with van der Waals surface area (Å²) >= 11 is 9.90. The zero-order valence-electron chi connectivity index (χ0n) is 13.1. The number of nitrogens with zero attached hydrogens (tertiary/aromatic N) is 1. The minimum Gasteiger partial charge on any atom is -0.503 e. The number of phenolic OH excluding ortho intramolecular Hbond substituents is 1. The van der Waals surface area contributed by atoms with Crippen molar-refractivity contribution in [1.29, 1.82) is 0 Å². The second-order valence-corrected chi connectivity index (χ2v) is 8.00. The molecular weight excluding hydrogens is 398 g/mol. The Morgan fingerprint density at radius 3 is 2.78 bits per heavy atom. The van der Waals surface area contributed by atoms with Crippen LogP contribution in [0.1, 0.15) is 26.3 Å². The van der Waals surface area contributed by atoms with Crippen LogP contribution in [0.2, 0.25) is 0 Å². The highest BCUT2D eigenvalue weighted by Gasteiger charge is 2.32. The van der Waals surface area contributed by atoms with Gasteiger partial charge in [-0.05, 0) is 52.5 Å². The van der Waals surface area contributed by atoms with Gasteiger partial charge in [-0.1, -0.05) is 37.8 Å². The molecule has 2 rings (SSSR count). The number of carbonyl (C=O) groups is 1. The summed E-state index contributed by atoms with van der Waals surface area (Å²) in [5.41, 5.74) is 0.767. The summed E-state index contributed by atoms with van der Waals surface area (Å²) in [7, 11) is 0. The molecule has 1 aromatic rings. The normalized spacial score (nSPS) is 16.7. The Labute approximate surface area is 154 Å². The summed E-state index contributed by atoms with van der Waals surface area (Å²) in [4.78, 5) is 14.7. The van der Waals surface area contributed by atoms with Crippen LogP contribution in [0.15, 0.2) is 21.5 Å². The Morgan fingerprint density at radius 2 is 2.17 bits per heavy atom. The molecule has 0 saturated carbocycles. The van der Waals surface area contributed by atoms with Crippen molar-refractivity contribution in [3.63, 3.8) is 0 Å². The average molecular weight is 416 g/mol. The Kier molecular flexibility index (Phi) is 6.11. The van der Waals surface area contributed by atoms with Crippen molar-refractivity contribution in [3.05, 3.63) is 27.1 Å². The molecule has 7 heteroatoms. The maximum Gasteiger partial charge on any atom is 0.266 e. The molecule has 23 heavy (non-hydrogen) atoms.